The monoisotopic (exact) mass is 233 g/mol. The molecule has 6 heteroatoms. The van der Waals surface area contributed by atoms with Crippen LogP contribution in [0.1, 0.15) is 11.1 Å². The van der Waals surface area contributed by atoms with E-state index in [2.05, 4.69) is 29.6 Å². The van der Waals surface area contributed by atoms with Crippen LogP contribution in [0, 0.1) is 0 Å². The van der Waals surface area contributed by atoms with E-state index in [1.54, 1.807) is 0 Å². The van der Waals surface area contributed by atoms with Crippen LogP contribution in [0.4, 0.5) is 13.2 Å². The number of fused-ring (bicyclic) bond motifs is 1. The summed E-state index contributed by atoms with van der Waals surface area (Å²) in [6.07, 6.45) is -5.19. The molecule has 88 valence electrons. The third kappa shape index (κ3) is 3.54. The first-order chi connectivity index (χ1) is 7.41. The number of aliphatic carboxylic acids is 1. The largest absolute Gasteiger partial charge is 0.542 e. The first kappa shape index (κ1) is 12.5. The summed E-state index contributed by atoms with van der Waals surface area (Å²) in [6, 6.07) is 8.63. The molecule has 0 radical (unpaired) electrons. The Morgan fingerprint density at radius 1 is 1.19 bits per heavy atom. The highest BCUT2D eigenvalue weighted by atomic mass is 19.4. The summed E-state index contributed by atoms with van der Waals surface area (Å²) in [7, 11) is 0. The summed E-state index contributed by atoms with van der Waals surface area (Å²) < 4.78 is 31.5. The molecule has 0 bridgehead atoms. The van der Waals surface area contributed by atoms with Crippen LogP contribution < -0.4 is 10.4 Å². The van der Waals surface area contributed by atoms with Crippen molar-refractivity contribution in [1.82, 2.24) is 0 Å². The van der Waals surface area contributed by atoms with Gasteiger partial charge < -0.3 is 15.2 Å². The minimum absolute atomic E-state index is 1.18. The zero-order valence-corrected chi connectivity index (χ0v) is 8.25. The van der Waals surface area contributed by atoms with Crippen molar-refractivity contribution in [1.29, 1.82) is 0 Å². The zero-order valence-electron chi connectivity index (χ0n) is 8.25. The Labute approximate surface area is 89.9 Å². The number of hydrogen-bond donors (Lipinski definition) is 1. The van der Waals surface area contributed by atoms with E-state index in [-0.39, 0.29) is 0 Å². The molecule has 0 saturated carbocycles. The van der Waals surface area contributed by atoms with Gasteiger partial charge in [-0.2, -0.15) is 13.2 Å². The van der Waals surface area contributed by atoms with Crippen molar-refractivity contribution < 1.29 is 28.4 Å². The highest BCUT2D eigenvalue weighted by Gasteiger charge is 2.28. The second kappa shape index (κ2) is 4.98. The Bertz CT molecular complexity index is 354. The third-order valence-electron chi connectivity index (χ3n) is 2.08. The van der Waals surface area contributed by atoms with E-state index >= 15 is 0 Å². The van der Waals surface area contributed by atoms with E-state index in [1.807, 2.05) is 0 Å². The van der Waals surface area contributed by atoms with Crippen molar-refractivity contribution in [3.63, 3.8) is 0 Å². The van der Waals surface area contributed by atoms with Gasteiger partial charge in [0.25, 0.3) is 0 Å². The maximum absolute atomic E-state index is 10.5. The van der Waals surface area contributed by atoms with Gasteiger partial charge in [-0.25, -0.2) is 0 Å². The lowest BCUT2D eigenvalue weighted by Gasteiger charge is -2.03. The summed E-state index contributed by atoms with van der Waals surface area (Å²) in [5.41, 5.74) is 3.02. The van der Waals surface area contributed by atoms with Crippen molar-refractivity contribution in [2.75, 3.05) is 0 Å². The number of benzene rings is 1. The van der Waals surface area contributed by atoms with Crippen LogP contribution in [0.15, 0.2) is 24.3 Å². The van der Waals surface area contributed by atoms with E-state index in [0.29, 0.717) is 0 Å². The molecule has 0 aliphatic carbocycles. The SMILES string of the molecule is O=C([O-])C(F)(F)F.c1ccc2c(c1)C[NH2+]C2. The zero-order chi connectivity index (χ0) is 12.2. The lowest BCUT2D eigenvalue weighted by atomic mass is 10.1. The summed E-state index contributed by atoms with van der Waals surface area (Å²) in [5, 5.41) is 11.1. The minimum Gasteiger partial charge on any atom is -0.542 e. The first-order valence-corrected chi connectivity index (χ1v) is 4.58. The molecule has 0 unspecified atom stereocenters. The molecule has 1 aliphatic heterocycles. The molecule has 2 rings (SSSR count). The van der Waals surface area contributed by atoms with Crippen LogP contribution in [-0.2, 0) is 17.9 Å². The van der Waals surface area contributed by atoms with Gasteiger partial charge in [0.1, 0.15) is 19.1 Å². The molecule has 1 aromatic rings. The highest BCUT2D eigenvalue weighted by Crippen LogP contribution is 2.11. The fraction of sp³-hybridized carbons (Fsp3) is 0.300. The van der Waals surface area contributed by atoms with Crippen molar-refractivity contribution in [2.24, 2.45) is 0 Å². The van der Waals surface area contributed by atoms with Gasteiger partial charge in [0.15, 0.2) is 0 Å². The number of carboxylic acid groups (broad SMARTS) is 1. The van der Waals surface area contributed by atoms with Crippen LogP contribution in [-0.4, -0.2) is 12.1 Å². The Hall–Kier alpha value is -1.56. The highest BCUT2D eigenvalue weighted by molar-refractivity contribution is 5.70. The maximum atomic E-state index is 10.5. The van der Waals surface area contributed by atoms with Gasteiger partial charge in [0, 0.05) is 11.1 Å². The van der Waals surface area contributed by atoms with E-state index in [9.17, 15) is 13.2 Å². The van der Waals surface area contributed by atoms with Crippen molar-refractivity contribution in [2.45, 2.75) is 19.3 Å². The quantitative estimate of drug-likeness (QED) is 0.660. The maximum Gasteiger partial charge on any atom is 0.430 e. The van der Waals surface area contributed by atoms with Crippen LogP contribution >= 0.6 is 0 Å². The Kier molecular flexibility index (Phi) is 3.89. The molecule has 1 aliphatic rings. The number of rotatable bonds is 0. The van der Waals surface area contributed by atoms with Crippen LogP contribution in [0.5, 0.6) is 0 Å². The van der Waals surface area contributed by atoms with E-state index in [1.165, 1.54) is 24.2 Å². The number of alkyl halides is 3. The fourth-order valence-electron chi connectivity index (χ4n) is 1.34. The predicted octanol–water partition coefficient (Wildman–Crippen LogP) is -0.438. The number of carbonyl (C=O) groups excluding carboxylic acids is 1. The Balaban J connectivity index is 0.000000168. The first-order valence-electron chi connectivity index (χ1n) is 4.58. The summed E-state index contributed by atoms with van der Waals surface area (Å²) in [6.45, 7) is 2.35. The Morgan fingerprint density at radius 3 is 1.88 bits per heavy atom. The molecular formula is C10H10F3NO2. The summed E-state index contributed by atoms with van der Waals surface area (Å²) in [4.78, 5) is 8.78. The van der Waals surface area contributed by atoms with Crippen molar-refractivity contribution >= 4 is 5.97 Å². The summed E-state index contributed by atoms with van der Waals surface area (Å²) in [5.74, 6) is -3.01. The second-order valence-electron chi connectivity index (χ2n) is 3.25. The van der Waals surface area contributed by atoms with Gasteiger partial charge in [0.2, 0.25) is 0 Å². The van der Waals surface area contributed by atoms with Crippen LogP contribution in [0.3, 0.4) is 0 Å². The minimum atomic E-state index is -5.19. The fourth-order valence-corrected chi connectivity index (χ4v) is 1.34. The van der Waals surface area contributed by atoms with Gasteiger partial charge in [-0.05, 0) is 0 Å². The van der Waals surface area contributed by atoms with E-state index in [0.717, 1.165) is 0 Å². The molecule has 3 nitrogen and oxygen atoms in total. The van der Waals surface area contributed by atoms with Gasteiger partial charge >= 0.3 is 6.18 Å². The molecule has 0 spiro atoms. The van der Waals surface area contributed by atoms with E-state index in [4.69, 9.17) is 9.90 Å². The number of nitrogens with two attached hydrogens (primary N) is 1. The van der Waals surface area contributed by atoms with Gasteiger partial charge in [-0.1, -0.05) is 24.3 Å². The molecule has 0 fully saturated rings. The van der Waals surface area contributed by atoms with Crippen molar-refractivity contribution in [3.8, 4) is 0 Å². The van der Waals surface area contributed by atoms with Crippen LogP contribution in [0.25, 0.3) is 0 Å². The molecule has 0 saturated heterocycles. The molecule has 1 heterocycles. The van der Waals surface area contributed by atoms with Gasteiger partial charge in [0.05, 0.1) is 0 Å². The normalized spacial score (nSPS) is 13.7. The Morgan fingerprint density at radius 2 is 1.56 bits per heavy atom. The van der Waals surface area contributed by atoms with Gasteiger partial charge in [-0.15, -0.1) is 0 Å². The molecule has 0 atom stereocenters. The second-order valence-corrected chi connectivity index (χ2v) is 3.25. The molecule has 2 N–H and O–H groups in total. The number of hydrogen-bond acceptors (Lipinski definition) is 2. The van der Waals surface area contributed by atoms with Crippen molar-refractivity contribution in [3.05, 3.63) is 35.4 Å². The number of quaternary nitrogens is 1. The molecular weight excluding hydrogens is 223 g/mol. The van der Waals surface area contributed by atoms with Crippen LogP contribution in [0.2, 0.25) is 0 Å². The lowest BCUT2D eigenvalue weighted by molar-refractivity contribution is -0.676. The average molecular weight is 233 g/mol. The van der Waals surface area contributed by atoms with E-state index < -0.39 is 12.1 Å². The molecule has 1 aromatic carbocycles. The number of carbonyl (C=O) groups is 1. The molecule has 0 aromatic heterocycles. The topological polar surface area (TPSA) is 56.7 Å². The number of carboxylic acids is 1. The van der Waals surface area contributed by atoms with Gasteiger partial charge in [-0.3, -0.25) is 0 Å². The molecule has 0 amide bonds. The predicted molar refractivity (Wildman–Crippen MR) is 46.8 cm³/mol. The standard InChI is InChI=1S/C8H9N.C2HF3O2/c1-2-4-8-6-9-5-7(8)3-1;3-2(4,5)1(6)7/h1-4,9H,5-6H2;(H,6,7). The number of halogens is 3. The molecule has 16 heavy (non-hydrogen) atoms. The smallest absolute Gasteiger partial charge is 0.430 e. The lowest BCUT2D eigenvalue weighted by Crippen LogP contribution is -2.77. The third-order valence-corrected chi connectivity index (χ3v) is 2.08. The summed E-state index contributed by atoms with van der Waals surface area (Å²) >= 11 is 0. The average Bonchev–Trinajstić information content (AvgIpc) is 2.64.